The molecule has 8 nitrogen and oxygen atoms in total. The molecule has 2 N–H and O–H groups in total. The summed E-state index contributed by atoms with van der Waals surface area (Å²) in [5.74, 6) is -2.29. The van der Waals surface area contributed by atoms with Gasteiger partial charge in [0.15, 0.2) is 0 Å². The number of hydrogen-bond acceptors (Lipinski definition) is 6. The maximum absolute atomic E-state index is 12.5. The molecule has 1 aromatic carbocycles. The molecule has 4 rings (SSSR count). The molecule has 9 heteroatoms. The van der Waals surface area contributed by atoms with Gasteiger partial charge in [-0.2, -0.15) is 5.10 Å². The van der Waals surface area contributed by atoms with E-state index in [4.69, 9.17) is 4.74 Å². The number of amides is 2. The Morgan fingerprint density at radius 1 is 1.09 bits per heavy atom. The van der Waals surface area contributed by atoms with Crippen molar-refractivity contribution >= 4 is 39.8 Å². The maximum Gasteiger partial charge on any atom is 0.341 e. The Balaban J connectivity index is 1.41. The number of rotatable bonds is 6. The minimum atomic E-state index is -0.915. The molecular weight excluding hydrogens is 440 g/mol. The van der Waals surface area contributed by atoms with Gasteiger partial charge in [-0.3, -0.25) is 9.59 Å². The lowest BCUT2D eigenvalue weighted by molar-refractivity contribution is -0.136. The topological polar surface area (TPSA) is 102 Å². The third-order valence-corrected chi connectivity index (χ3v) is 6.55. The largest absolute Gasteiger partial charge is 0.462 e. The zero-order chi connectivity index (χ0) is 23.4. The number of aryl methyl sites for hydroxylation is 1. The van der Waals surface area contributed by atoms with E-state index < -0.39 is 17.8 Å². The van der Waals surface area contributed by atoms with Gasteiger partial charge < -0.3 is 14.6 Å². The van der Waals surface area contributed by atoms with Crippen LogP contribution < -0.4 is 10.7 Å². The summed E-state index contributed by atoms with van der Waals surface area (Å²) in [5, 5.41) is 6.95. The quantitative estimate of drug-likeness (QED) is 0.251. The highest BCUT2D eigenvalue weighted by atomic mass is 32.1. The second kappa shape index (κ2) is 9.83. The van der Waals surface area contributed by atoms with Gasteiger partial charge in [0.2, 0.25) is 0 Å². The SMILES string of the molecule is CCOC(=O)c1c(NC(=O)C(=O)N/N=C(\C)c2ccc(-n3cccc3)cc2)sc2c1CCC2. The van der Waals surface area contributed by atoms with E-state index in [2.05, 4.69) is 15.8 Å². The van der Waals surface area contributed by atoms with E-state index in [0.717, 1.165) is 41.0 Å². The summed E-state index contributed by atoms with van der Waals surface area (Å²) in [7, 11) is 0. The second-order valence-corrected chi connectivity index (χ2v) is 8.62. The Labute approximate surface area is 195 Å². The number of thiophene rings is 1. The maximum atomic E-state index is 12.5. The number of carbonyl (C=O) groups is 3. The fraction of sp³-hybridized carbons (Fsp3) is 0.250. The van der Waals surface area contributed by atoms with Crippen LogP contribution in [0.1, 0.15) is 46.6 Å². The van der Waals surface area contributed by atoms with E-state index in [-0.39, 0.29) is 6.61 Å². The number of hydrogen-bond donors (Lipinski definition) is 2. The van der Waals surface area contributed by atoms with Gasteiger partial charge in [0.25, 0.3) is 0 Å². The highest BCUT2D eigenvalue weighted by Gasteiger charge is 2.29. The van der Waals surface area contributed by atoms with Crippen LogP contribution in [0, 0.1) is 0 Å². The van der Waals surface area contributed by atoms with E-state index in [1.807, 2.05) is 53.4 Å². The van der Waals surface area contributed by atoms with E-state index in [0.29, 0.717) is 16.3 Å². The number of esters is 1. The number of benzene rings is 1. The molecule has 0 radical (unpaired) electrons. The van der Waals surface area contributed by atoms with Gasteiger partial charge >= 0.3 is 17.8 Å². The Hall–Kier alpha value is -3.72. The van der Waals surface area contributed by atoms with Crippen molar-refractivity contribution in [1.82, 2.24) is 9.99 Å². The number of hydrazone groups is 1. The summed E-state index contributed by atoms with van der Waals surface area (Å²) in [6.45, 7) is 3.70. The molecule has 0 spiro atoms. The fourth-order valence-electron chi connectivity index (χ4n) is 3.70. The van der Waals surface area contributed by atoms with Crippen molar-refractivity contribution in [1.29, 1.82) is 0 Å². The van der Waals surface area contributed by atoms with Crippen molar-refractivity contribution in [2.75, 3.05) is 11.9 Å². The molecule has 0 unspecified atom stereocenters. The molecule has 0 bridgehead atoms. The van der Waals surface area contributed by atoms with Crippen molar-refractivity contribution in [2.45, 2.75) is 33.1 Å². The van der Waals surface area contributed by atoms with Crippen LogP contribution in [-0.4, -0.2) is 34.7 Å². The molecule has 0 aliphatic heterocycles. The van der Waals surface area contributed by atoms with Crippen molar-refractivity contribution in [2.24, 2.45) is 5.10 Å². The first-order valence-electron chi connectivity index (χ1n) is 10.7. The van der Waals surface area contributed by atoms with Gasteiger partial charge in [0, 0.05) is 23.0 Å². The Morgan fingerprint density at radius 3 is 2.52 bits per heavy atom. The number of fused-ring (bicyclic) bond motifs is 1. The number of ether oxygens (including phenoxy) is 1. The predicted octanol–water partition coefficient (Wildman–Crippen LogP) is 3.68. The predicted molar refractivity (Wildman–Crippen MR) is 127 cm³/mol. The van der Waals surface area contributed by atoms with Gasteiger partial charge in [0.05, 0.1) is 17.9 Å². The van der Waals surface area contributed by atoms with Gasteiger partial charge in [-0.05, 0) is 68.5 Å². The van der Waals surface area contributed by atoms with Gasteiger partial charge in [0.1, 0.15) is 5.00 Å². The molecule has 170 valence electrons. The van der Waals surface area contributed by atoms with Crippen molar-refractivity contribution in [3.63, 3.8) is 0 Å². The molecule has 1 aliphatic carbocycles. The van der Waals surface area contributed by atoms with Crippen LogP contribution in [0.2, 0.25) is 0 Å². The monoisotopic (exact) mass is 464 g/mol. The summed E-state index contributed by atoms with van der Waals surface area (Å²) in [6.07, 6.45) is 6.47. The lowest BCUT2D eigenvalue weighted by Crippen LogP contribution is -2.33. The standard InChI is InChI=1S/C24H24N4O4S/c1-3-32-24(31)20-18-7-6-8-19(18)33-23(20)25-21(29)22(30)27-26-15(2)16-9-11-17(12-10-16)28-13-4-5-14-28/h4-5,9-14H,3,6-8H2,1-2H3,(H,25,29)(H,27,30)/b26-15+. The zero-order valence-electron chi connectivity index (χ0n) is 18.4. The van der Waals surface area contributed by atoms with E-state index in [1.165, 1.54) is 11.3 Å². The average molecular weight is 465 g/mol. The van der Waals surface area contributed by atoms with Crippen LogP contribution in [0.15, 0.2) is 53.9 Å². The lowest BCUT2D eigenvalue weighted by atomic mass is 10.1. The van der Waals surface area contributed by atoms with Crippen LogP contribution >= 0.6 is 11.3 Å². The van der Waals surface area contributed by atoms with Crippen molar-refractivity contribution in [3.8, 4) is 5.69 Å². The lowest BCUT2D eigenvalue weighted by Gasteiger charge is -2.08. The molecular formula is C24H24N4O4S. The first kappa shape index (κ1) is 22.5. The van der Waals surface area contributed by atoms with Gasteiger partial charge in [-0.1, -0.05) is 12.1 Å². The zero-order valence-corrected chi connectivity index (χ0v) is 19.2. The number of carbonyl (C=O) groups excluding carboxylic acids is 3. The van der Waals surface area contributed by atoms with E-state index in [9.17, 15) is 14.4 Å². The molecule has 0 saturated carbocycles. The summed E-state index contributed by atoms with van der Waals surface area (Å²) in [4.78, 5) is 38.3. The third kappa shape index (κ3) is 4.88. The highest BCUT2D eigenvalue weighted by Crippen LogP contribution is 2.39. The molecule has 2 heterocycles. The highest BCUT2D eigenvalue weighted by molar-refractivity contribution is 7.17. The minimum Gasteiger partial charge on any atom is -0.462 e. The first-order chi connectivity index (χ1) is 16.0. The van der Waals surface area contributed by atoms with E-state index >= 15 is 0 Å². The smallest absolute Gasteiger partial charge is 0.341 e. The molecule has 2 aromatic heterocycles. The number of anilines is 1. The second-order valence-electron chi connectivity index (χ2n) is 7.51. The van der Waals surface area contributed by atoms with Crippen LogP contribution in [-0.2, 0) is 27.2 Å². The Morgan fingerprint density at radius 2 is 1.82 bits per heavy atom. The minimum absolute atomic E-state index is 0.234. The number of nitrogens with zero attached hydrogens (tertiary/aromatic N) is 2. The normalized spacial score (nSPS) is 12.8. The Kier molecular flexibility index (Phi) is 6.69. The van der Waals surface area contributed by atoms with Crippen molar-refractivity contribution < 1.29 is 19.1 Å². The van der Waals surface area contributed by atoms with Crippen LogP contribution in [0.4, 0.5) is 5.00 Å². The van der Waals surface area contributed by atoms with Crippen LogP contribution in [0.5, 0.6) is 0 Å². The summed E-state index contributed by atoms with van der Waals surface area (Å²) in [6, 6.07) is 11.5. The fourth-order valence-corrected chi connectivity index (χ4v) is 4.98. The Bertz CT molecular complexity index is 1210. The van der Waals surface area contributed by atoms with Crippen LogP contribution in [0.3, 0.4) is 0 Å². The van der Waals surface area contributed by atoms with Crippen molar-refractivity contribution in [3.05, 3.63) is 70.4 Å². The molecule has 0 fully saturated rings. The van der Waals surface area contributed by atoms with Gasteiger partial charge in [-0.25, -0.2) is 10.2 Å². The first-order valence-corrected chi connectivity index (χ1v) is 11.5. The number of aromatic nitrogens is 1. The average Bonchev–Trinajstić information content (AvgIpc) is 3.55. The molecule has 0 atom stereocenters. The van der Waals surface area contributed by atoms with Gasteiger partial charge in [-0.15, -0.1) is 11.3 Å². The molecule has 0 saturated heterocycles. The molecule has 33 heavy (non-hydrogen) atoms. The number of nitrogens with one attached hydrogen (secondary N) is 2. The molecule has 2 amide bonds. The third-order valence-electron chi connectivity index (χ3n) is 5.35. The summed E-state index contributed by atoms with van der Waals surface area (Å²) < 4.78 is 7.13. The van der Waals surface area contributed by atoms with Crippen LogP contribution in [0.25, 0.3) is 5.69 Å². The van der Waals surface area contributed by atoms with E-state index in [1.54, 1.807) is 13.8 Å². The molecule has 3 aromatic rings. The summed E-state index contributed by atoms with van der Waals surface area (Å²) in [5.41, 5.74) is 5.92. The molecule has 1 aliphatic rings. The summed E-state index contributed by atoms with van der Waals surface area (Å²) >= 11 is 1.32.